The van der Waals surface area contributed by atoms with E-state index in [-0.39, 0.29) is 11.8 Å². The quantitative estimate of drug-likeness (QED) is 0.840. The molecule has 2 amide bonds. The Kier molecular flexibility index (Phi) is 6.10. The normalized spacial score (nSPS) is 15.6. The molecule has 1 aromatic carbocycles. The lowest BCUT2D eigenvalue weighted by molar-refractivity contribution is -0.146. The van der Waals surface area contributed by atoms with Crippen molar-refractivity contribution >= 4 is 29.1 Å². The summed E-state index contributed by atoms with van der Waals surface area (Å²) in [6.45, 7) is 4.76. The van der Waals surface area contributed by atoms with Crippen molar-refractivity contribution in [3.8, 4) is 5.75 Å². The van der Waals surface area contributed by atoms with Crippen LogP contribution in [0.25, 0.3) is 0 Å². The van der Waals surface area contributed by atoms with E-state index in [1.54, 1.807) is 32.0 Å². The Morgan fingerprint density at radius 3 is 2.38 bits per heavy atom. The number of benzene rings is 1. The fraction of sp³-hybridized carbons (Fsp3) is 0.556. The second-order valence-electron chi connectivity index (χ2n) is 6.63. The van der Waals surface area contributed by atoms with E-state index in [2.05, 4.69) is 5.32 Å². The predicted molar refractivity (Wildman–Crippen MR) is 95.5 cm³/mol. The van der Waals surface area contributed by atoms with Gasteiger partial charge >= 0.3 is 0 Å². The van der Waals surface area contributed by atoms with E-state index in [0.29, 0.717) is 16.5 Å². The van der Waals surface area contributed by atoms with Gasteiger partial charge in [-0.3, -0.25) is 9.59 Å². The number of carbonyl (C=O) groups is 2. The first kappa shape index (κ1) is 18.6. The first-order valence-electron chi connectivity index (χ1n) is 8.30. The monoisotopic (exact) mass is 352 g/mol. The maximum absolute atomic E-state index is 12.8. The maximum atomic E-state index is 12.8. The molecule has 132 valence electrons. The van der Waals surface area contributed by atoms with Crippen molar-refractivity contribution < 1.29 is 14.3 Å². The molecule has 0 saturated carbocycles. The number of nitrogens with one attached hydrogen (secondary N) is 1. The third kappa shape index (κ3) is 4.20. The molecule has 0 unspecified atom stereocenters. The standard InChI is InChI=1S/C18H25ClN2O3/c1-18(2,17(23)21-10-6-4-5-7-11-21)16(22)20-14-12-13(19)8-9-15(14)24-3/h8-9,12H,4-7,10-11H2,1-3H3,(H,20,22). The topological polar surface area (TPSA) is 58.6 Å². The Balaban J connectivity index is 2.14. The van der Waals surface area contributed by atoms with Gasteiger partial charge in [0.1, 0.15) is 11.2 Å². The minimum absolute atomic E-state index is 0.136. The number of nitrogens with zero attached hydrogens (tertiary/aromatic N) is 1. The average molecular weight is 353 g/mol. The lowest BCUT2D eigenvalue weighted by atomic mass is 9.90. The van der Waals surface area contributed by atoms with Crippen LogP contribution >= 0.6 is 11.6 Å². The smallest absolute Gasteiger partial charge is 0.239 e. The number of carbonyl (C=O) groups excluding carboxylic acids is 2. The number of rotatable bonds is 4. The van der Waals surface area contributed by atoms with E-state index in [0.717, 1.165) is 38.8 Å². The number of anilines is 1. The average Bonchev–Trinajstić information content (AvgIpc) is 2.83. The molecule has 0 radical (unpaired) electrons. The van der Waals surface area contributed by atoms with E-state index in [1.165, 1.54) is 7.11 Å². The third-order valence-corrected chi connectivity index (χ3v) is 4.64. The fourth-order valence-corrected chi connectivity index (χ4v) is 2.99. The van der Waals surface area contributed by atoms with Crippen LogP contribution in [-0.4, -0.2) is 36.9 Å². The zero-order valence-corrected chi connectivity index (χ0v) is 15.3. The van der Waals surface area contributed by atoms with Crippen molar-refractivity contribution in [2.75, 3.05) is 25.5 Å². The van der Waals surface area contributed by atoms with Crippen LogP contribution in [0.5, 0.6) is 5.75 Å². The van der Waals surface area contributed by atoms with Crippen LogP contribution in [-0.2, 0) is 9.59 Å². The van der Waals surface area contributed by atoms with E-state index >= 15 is 0 Å². The Labute approximate surface area is 148 Å². The Hall–Kier alpha value is -1.75. The number of halogens is 1. The van der Waals surface area contributed by atoms with E-state index < -0.39 is 5.41 Å². The van der Waals surface area contributed by atoms with Gasteiger partial charge in [0.15, 0.2) is 0 Å². The highest BCUT2D eigenvalue weighted by atomic mass is 35.5. The van der Waals surface area contributed by atoms with E-state index in [1.807, 2.05) is 4.90 Å². The third-order valence-electron chi connectivity index (χ3n) is 4.41. The van der Waals surface area contributed by atoms with Crippen molar-refractivity contribution in [2.45, 2.75) is 39.5 Å². The van der Waals surface area contributed by atoms with Crippen molar-refractivity contribution in [1.29, 1.82) is 0 Å². The summed E-state index contributed by atoms with van der Waals surface area (Å²) in [6, 6.07) is 4.98. The minimum atomic E-state index is -1.16. The first-order valence-corrected chi connectivity index (χ1v) is 8.68. The zero-order chi connectivity index (χ0) is 17.7. The highest BCUT2D eigenvalue weighted by Crippen LogP contribution is 2.30. The summed E-state index contributed by atoms with van der Waals surface area (Å²) < 4.78 is 5.24. The van der Waals surface area contributed by atoms with Crippen LogP contribution in [0, 0.1) is 5.41 Å². The van der Waals surface area contributed by atoms with Crippen molar-refractivity contribution in [3.05, 3.63) is 23.2 Å². The molecule has 0 spiro atoms. The lowest BCUT2D eigenvalue weighted by Gasteiger charge is -2.30. The second kappa shape index (κ2) is 7.88. The molecule has 1 N–H and O–H groups in total. The molecule has 1 aliphatic rings. The maximum Gasteiger partial charge on any atom is 0.239 e. The predicted octanol–water partition coefficient (Wildman–Crippen LogP) is 3.72. The van der Waals surface area contributed by atoms with Crippen LogP contribution in [0.3, 0.4) is 0 Å². The summed E-state index contributed by atoms with van der Waals surface area (Å²) in [5.41, 5.74) is -0.691. The molecule has 5 nitrogen and oxygen atoms in total. The molecular formula is C18H25ClN2O3. The van der Waals surface area contributed by atoms with Gasteiger partial charge in [0.2, 0.25) is 11.8 Å². The van der Waals surface area contributed by atoms with Gasteiger partial charge in [-0.15, -0.1) is 0 Å². The molecule has 0 atom stereocenters. The van der Waals surface area contributed by atoms with Crippen molar-refractivity contribution in [1.82, 2.24) is 4.90 Å². The van der Waals surface area contributed by atoms with Gasteiger partial charge in [0.05, 0.1) is 12.8 Å². The summed E-state index contributed by atoms with van der Waals surface area (Å²) in [7, 11) is 1.52. The fourth-order valence-electron chi connectivity index (χ4n) is 2.82. The molecule has 0 bridgehead atoms. The summed E-state index contributed by atoms with van der Waals surface area (Å²) in [5.74, 6) is 0.00554. The Morgan fingerprint density at radius 1 is 1.17 bits per heavy atom. The molecule has 1 aromatic rings. The van der Waals surface area contributed by atoms with Gasteiger partial charge in [-0.2, -0.15) is 0 Å². The summed E-state index contributed by atoms with van der Waals surface area (Å²) >= 11 is 5.99. The van der Waals surface area contributed by atoms with Gasteiger partial charge in [-0.05, 0) is 44.9 Å². The summed E-state index contributed by atoms with van der Waals surface area (Å²) in [5, 5.41) is 3.27. The zero-order valence-electron chi connectivity index (χ0n) is 14.5. The van der Waals surface area contributed by atoms with Crippen LogP contribution < -0.4 is 10.1 Å². The summed E-state index contributed by atoms with van der Waals surface area (Å²) in [4.78, 5) is 27.4. The van der Waals surface area contributed by atoms with Gasteiger partial charge < -0.3 is 15.0 Å². The second-order valence-corrected chi connectivity index (χ2v) is 7.07. The molecule has 0 aliphatic carbocycles. The lowest BCUT2D eigenvalue weighted by Crippen LogP contribution is -2.47. The number of hydrogen-bond donors (Lipinski definition) is 1. The Bertz CT molecular complexity index is 608. The molecule has 1 heterocycles. The highest BCUT2D eigenvalue weighted by molar-refractivity contribution is 6.31. The molecule has 2 rings (SSSR count). The molecule has 1 aliphatic heterocycles. The number of methoxy groups -OCH3 is 1. The number of hydrogen-bond acceptors (Lipinski definition) is 3. The molecular weight excluding hydrogens is 328 g/mol. The van der Waals surface area contributed by atoms with Gasteiger partial charge in [-0.25, -0.2) is 0 Å². The van der Waals surface area contributed by atoms with Crippen molar-refractivity contribution in [2.24, 2.45) is 5.41 Å². The van der Waals surface area contributed by atoms with Gasteiger partial charge in [-0.1, -0.05) is 24.4 Å². The van der Waals surface area contributed by atoms with Crippen LogP contribution in [0.2, 0.25) is 5.02 Å². The molecule has 1 fully saturated rings. The van der Waals surface area contributed by atoms with E-state index in [9.17, 15) is 9.59 Å². The number of amides is 2. The highest BCUT2D eigenvalue weighted by Gasteiger charge is 2.39. The van der Waals surface area contributed by atoms with Crippen molar-refractivity contribution in [3.63, 3.8) is 0 Å². The SMILES string of the molecule is COc1ccc(Cl)cc1NC(=O)C(C)(C)C(=O)N1CCCCCC1. The van der Waals surface area contributed by atoms with E-state index in [4.69, 9.17) is 16.3 Å². The summed E-state index contributed by atoms with van der Waals surface area (Å²) in [6.07, 6.45) is 4.25. The minimum Gasteiger partial charge on any atom is -0.495 e. The number of ether oxygens (including phenoxy) is 1. The van der Waals surface area contributed by atoms with Crippen LogP contribution in [0.1, 0.15) is 39.5 Å². The Morgan fingerprint density at radius 2 is 1.79 bits per heavy atom. The van der Waals surface area contributed by atoms with Crippen LogP contribution in [0.15, 0.2) is 18.2 Å². The van der Waals surface area contributed by atoms with Crippen LogP contribution in [0.4, 0.5) is 5.69 Å². The van der Waals surface area contributed by atoms with Gasteiger partial charge in [0.25, 0.3) is 0 Å². The molecule has 0 aromatic heterocycles. The first-order chi connectivity index (χ1) is 11.4. The molecule has 6 heteroatoms. The molecule has 24 heavy (non-hydrogen) atoms. The largest absolute Gasteiger partial charge is 0.495 e. The molecule has 1 saturated heterocycles. The van der Waals surface area contributed by atoms with Gasteiger partial charge in [0, 0.05) is 18.1 Å². The number of likely N-dealkylation sites (tertiary alicyclic amines) is 1.